The number of aliphatic hydroxyl groups excluding tert-OH is 1. The third-order valence-electron chi connectivity index (χ3n) is 5.42. The molecule has 3 aliphatic rings. The maximum Gasteiger partial charge on any atom is 0.0654 e. The van der Waals surface area contributed by atoms with E-state index < -0.39 is 0 Å². The van der Waals surface area contributed by atoms with Crippen molar-refractivity contribution in [3.05, 3.63) is 35.9 Å². The van der Waals surface area contributed by atoms with Gasteiger partial charge in [0.15, 0.2) is 0 Å². The number of aliphatic hydroxyl groups is 1. The molecule has 1 aromatic rings. The molecule has 2 bridgehead atoms. The van der Waals surface area contributed by atoms with Crippen LogP contribution in [0.3, 0.4) is 0 Å². The molecule has 4 rings (SSSR count). The summed E-state index contributed by atoms with van der Waals surface area (Å²) in [5.41, 5.74) is 1.58. The van der Waals surface area contributed by atoms with E-state index in [0.29, 0.717) is 0 Å². The Morgan fingerprint density at radius 1 is 1.16 bits per heavy atom. The zero-order valence-corrected chi connectivity index (χ0v) is 11.9. The Morgan fingerprint density at radius 2 is 1.84 bits per heavy atom. The molecule has 3 fully saturated rings. The van der Waals surface area contributed by atoms with E-state index in [9.17, 15) is 5.11 Å². The van der Waals surface area contributed by atoms with Gasteiger partial charge in [0, 0.05) is 11.0 Å². The lowest BCUT2D eigenvalue weighted by molar-refractivity contribution is -0.0494. The topological polar surface area (TPSA) is 32.3 Å². The first-order chi connectivity index (χ1) is 9.21. The molecule has 0 unspecified atom stereocenters. The molecule has 2 N–H and O–H groups in total. The summed E-state index contributed by atoms with van der Waals surface area (Å²) in [6, 6.07) is 10.7. The molecule has 3 saturated carbocycles. The molecule has 0 saturated heterocycles. The summed E-state index contributed by atoms with van der Waals surface area (Å²) >= 11 is 0. The second kappa shape index (κ2) is 4.92. The fraction of sp³-hybridized carbons (Fsp3) is 0.647. The van der Waals surface area contributed by atoms with Gasteiger partial charge >= 0.3 is 0 Å². The third-order valence-corrected chi connectivity index (χ3v) is 5.42. The van der Waals surface area contributed by atoms with Crippen molar-refractivity contribution in [3.63, 3.8) is 0 Å². The van der Waals surface area contributed by atoms with Crippen molar-refractivity contribution in [2.75, 3.05) is 6.54 Å². The highest BCUT2D eigenvalue weighted by Crippen LogP contribution is 2.53. The molecule has 104 valence electrons. The molecule has 1 atom stereocenters. The van der Waals surface area contributed by atoms with Crippen molar-refractivity contribution in [2.24, 2.45) is 0 Å². The average molecular weight is 259 g/mol. The number of hydrogen-bond acceptors (Lipinski definition) is 2. The SMILES string of the molecule is CCCNC12CCC(c3ccccc3)(CC1)[C@H](O)C2. The lowest BCUT2D eigenvalue weighted by Crippen LogP contribution is -2.62. The fourth-order valence-electron chi connectivity index (χ4n) is 4.17. The van der Waals surface area contributed by atoms with Gasteiger partial charge in [-0.05, 0) is 50.6 Å². The van der Waals surface area contributed by atoms with E-state index in [0.717, 1.165) is 25.8 Å². The van der Waals surface area contributed by atoms with Gasteiger partial charge in [-0.2, -0.15) is 0 Å². The Bertz CT molecular complexity index is 420. The molecule has 0 aromatic heterocycles. The normalized spacial score (nSPS) is 37.5. The Kier molecular flexibility index (Phi) is 3.40. The lowest BCUT2D eigenvalue weighted by Gasteiger charge is -2.57. The van der Waals surface area contributed by atoms with Gasteiger partial charge in [-0.25, -0.2) is 0 Å². The highest BCUT2D eigenvalue weighted by atomic mass is 16.3. The van der Waals surface area contributed by atoms with Crippen molar-refractivity contribution >= 4 is 0 Å². The zero-order valence-electron chi connectivity index (χ0n) is 11.9. The largest absolute Gasteiger partial charge is 0.392 e. The van der Waals surface area contributed by atoms with E-state index in [1.54, 1.807) is 0 Å². The fourth-order valence-corrected chi connectivity index (χ4v) is 4.17. The summed E-state index contributed by atoms with van der Waals surface area (Å²) in [5, 5.41) is 14.4. The van der Waals surface area contributed by atoms with Gasteiger partial charge < -0.3 is 10.4 Å². The van der Waals surface area contributed by atoms with Gasteiger partial charge in [-0.3, -0.25) is 0 Å². The zero-order chi connectivity index (χ0) is 13.3. The van der Waals surface area contributed by atoms with E-state index >= 15 is 0 Å². The number of rotatable bonds is 4. The third kappa shape index (κ3) is 2.11. The molecule has 0 heterocycles. The van der Waals surface area contributed by atoms with Crippen LogP contribution in [0.1, 0.15) is 51.0 Å². The van der Waals surface area contributed by atoms with Gasteiger partial charge in [0.2, 0.25) is 0 Å². The first-order valence-corrected chi connectivity index (χ1v) is 7.69. The molecular formula is C17H25NO. The van der Waals surface area contributed by atoms with Gasteiger partial charge in [-0.1, -0.05) is 37.3 Å². The molecule has 0 radical (unpaired) electrons. The Balaban J connectivity index is 1.83. The summed E-state index contributed by atoms with van der Waals surface area (Å²) in [7, 11) is 0. The van der Waals surface area contributed by atoms with Gasteiger partial charge in [0.05, 0.1) is 6.10 Å². The van der Waals surface area contributed by atoms with E-state index in [2.05, 4.69) is 42.6 Å². The van der Waals surface area contributed by atoms with Gasteiger partial charge in [0.25, 0.3) is 0 Å². The first kappa shape index (κ1) is 13.1. The highest BCUT2D eigenvalue weighted by molar-refractivity contribution is 5.31. The van der Waals surface area contributed by atoms with E-state index in [1.165, 1.54) is 24.8 Å². The van der Waals surface area contributed by atoms with Crippen LogP contribution in [0.15, 0.2) is 30.3 Å². The summed E-state index contributed by atoms with van der Waals surface area (Å²) in [5.74, 6) is 0. The van der Waals surface area contributed by atoms with Crippen LogP contribution in [0.2, 0.25) is 0 Å². The van der Waals surface area contributed by atoms with E-state index in [1.807, 2.05) is 0 Å². The average Bonchev–Trinajstić information content (AvgIpc) is 2.47. The molecule has 0 amide bonds. The number of hydrogen-bond donors (Lipinski definition) is 2. The highest BCUT2D eigenvalue weighted by Gasteiger charge is 2.54. The van der Waals surface area contributed by atoms with Crippen LogP contribution in [-0.2, 0) is 5.41 Å². The van der Waals surface area contributed by atoms with Crippen LogP contribution in [0, 0.1) is 0 Å². The monoisotopic (exact) mass is 259 g/mol. The second-order valence-corrected chi connectivity index (χ2v) is 6.45. The molecule has 1 aromatic carbocycles. The predicted molar refractivity (Wildman–Crippen MR) is 78.2 cm³/mol. The molecule has 2 heteroatoms. The Hall–Kier alpha value is -0.860. The smallest absolute Gasteiger partial charge is 0.0654 e. The lowest BCUT2D eigenvalue weighted by atomic mass is 9.53. The maximum atomic E-state index is 10.7. The number of nitrogens with one attached hydrogen (secondary N) is 1. The minimum atomic E-state index is -0.193. The van der Waals surface area contributed by atoms with Crippen LogP contribution in [0.5, 0.6) is 0 Å². The Labute approximate surface area is 116 Å². The van der Waals surface area contributed by atoms with Crippen molar-refractivity contribution < 1.29 is 5.11 Å². The van der Waals surface area contributed by atoms with Crippen LogP contribution >= 0.6 is 0 Å². The van der Waals surface area contributed by atoms with Gasteiger partial charge in [0.1, 0.15) is 0 Å². The standard InChI is InChI=1S/C17H25NO/c1-2-12-18-16-8-10-17(11-9-16,15(19)13-16)14-6-4-3-5-7-14/h3-7,15,18-19H,2,8-13H2,1H3/t15-,16?,17?/m1/s1. The van der Waals surface area contributed by atoms with Crippen molar-refractivity contribution in [1.82, 2.24) is 5.32 Å². The first-order valence-electron chi connectivity index (χ1n) is 7.69. The number of benzene rings is 1. The number of fused-ring (bicyclic) bond motifs is 3. The van der Waals surface area contributed by atoms with Crippen molar-refractivity contribution in [1.29, 1.82) is 0 Å². The minimum absolute atomic E-state index is 0.0247. The summed E-state index contributed by atoms with van der Waals surface area (Å²) < 4.78 is 0. The molecular weight excluding hydrogens is 234 g/mol. The summed E-state index contributed by atoms with van der Waals surface area (Å²) in [6.45, 7) is 3.28. The summed E-state index contributed by atoms with van der Waals surface area (Å²) in [6.07, 6.45) is 6.55. The minimum Gasteiger partial charge on any atom is -0.392 e. The second-order valence-electron chi connectivity index (χ2n) is 6.45. The molecule has 0 spiro atoms. The molecule has 19 heavy (non-hydrogen) atoms. The quantitative estimate of drug-likeness (QED) is 0.871. The van der Waals surface area contributed by atoms with Crippen molar-refractivity contribution in [2.45, 2.75) is 62.5 Å². The van der Waals surface area contributed by atoms with Crippen molar-refractivity contribution in [3.8, 4) is 0 Å². The van der Waals surface area contributed by atoms with E-state index in [-0.39, 0.29) is 17.1 Å². The van der Waals surface area contributed by atoms with Crippen LogP contribution in [0.4, 0.5) is 0 Å². The van der Waals surface area contributed by atoms with Crippen LogP contribution in [0.25, 0.3) is 0 Å². The van der Waals surface area contributed by atoms with E-state index in [4.69, 9.17) is 0 Å². The predicted octanol–water partition coefficient (Wildman–Crippen LogP) is 3.00. The maximum absolute atomic E-state index is 10.7. The molecule has 2 nitrogen and oxygen atoms in total. The van der Waals surface area contributed by atoms with Gasteiger partial charge in [-0.15, -0.1) is 0 Å². The summed E-state index contributed by atoms with van der Waals surface area (Å²) in [4.78, 5) is 0. The molecule has 0 aliphatic heterocycles. The molecule has 3 aliphatic carbocycles. The van der Waals surface area contributed by atoms with Crippen LogP contribution in [-0.4, -0.2) is 23.3 Å². The van der Waals surface area contributed by atoms with Crippen LogP contribution < -0.4 is 5.32 Å². The Morgan fingerprint density at radius 3 is 2.42 bits per heavy atom.